The first-order chi connectivity index (χ1) is 13.3. The van der Waals surface area contributed by atoms with Crippen molar-refractivity contribution < 1.29 is 4.39 Å². The second kappa shape index (κ2) is 8.31. The fraction of sp³-hybridized carbons (Fsp3) is 0.286. The number of hydrogen-bond donors (Lipinski definition) is 3. The lowest BCUT2D eigenvalue weighted by molar-refractivity contribution is 0.607. The van der Waals surface area contributed by atoms with Gasteiger partial charge in [0.15, 0.2) is 0 Å². The standard InChI is InChI=1S/C21H25ClFN5/c1-4-17(25)16-9-15(22)10-18-20(16)27-21(26-6-5-24)28(18)11-14-7-12(2)19(23)13(3)8-14/h4,7-10,17H,1,5-6,11,24-25H2,2-3H3,(H,26,27)/t17-/m0/s1. The minimum Gasteiger partial charge on any atom is -0.354 e. The summed E-state index contributed by atoms with van der Waals surface area (Å²) in [6.45, 7) is 8.86. The van der Waals surface area contributed by atoms with Crippen molar-refractivity contribution in [1.29, 1.82) is 0 Å². The fourth-order valence-electron chi connectivity index (χ4n) is 3.38. The molecule has 28 heavy (non-hydrogen) atoms. The van der Waals surface area contributed by atoms with Gasteiger partial charge < -0.3 is 21.4 Å². The van der Waals surface area contributed by atoms with Gasteiger partial charge >= 0.3 is 0 Å². The van der Waals surface area contributed by atoms with Crippen LogP contribution < -0.4 is 16.8 Å². The van der Waals surface area contributed by atoms with Gasteiger partial charge in [-0.25, -0.2) is 9.37 Å². The van der Waals surface area contributed by atoms with Crippen LogP contribution in [0.4, 0.5) is 10.3 Å². The summed E-state index contributed by atoms with van der Waals surface area (Å²) in [7, 11) is 0. The minimum atomic E-state index is -0.387. The summed E-state index contributed by atoms with van der Waals surface area (Å²) in [6, 6.07) is 6.98. The predicted molar refractivity (Wildman–Crippen MR) is 114 cm³/mol. The van der Waals surface area contributed by atoms with E-state index in [0.717, 1.165) is 22.2 Å². The Bertz CT molecular complexity index is 1000. The van der Waals surface area contributed by atoms with Crippen molar-refractivity contribution in [2.24, 2.45) is 11.5 Å². The van der Waals surface area contributed by atoms with Crippen LogP contribution in [0.1, 0.15) is 28.3 Å². The Morgan fingerprint density at radius 1 is 1.29 bits per heavy atom. The number of rotatable bonds is 7. The Morgan fingerprint density at radius 3 is 2.57 bits per heavy atom. The average Bonchev–Trinajstić information content (AvgIpc) is 3.00. The highest BCUT2D eigenvalue weighted by molar-refractivity contribution is 6.31. The molecule has 0 aliphatic heterocycles. The van der Waals surface area contributed by atoms with E-state index in [0.29, 0.717) is 41.7 Å². The van der Waals surface area contributed by atoms with Gasteiger partial charge in [0, 0.05) is 23.7 Å². The highest BCUT2D eigenvalue weighted by Crippen LogP contribution is 2.31. The molecule has 1 aromatic heterocycles. The number of aryl methyl sites for hydroxylation is 2. The van der Waals surface area contributed by atoms with Crippen LogP contribution >= 0.6 is 11.6 Å². The molecule has 0 aliphatic rings. The topological polar surface area (TPSA) is 81.9 Å². The van der Waals surface area contributed by atoms with Crippen molar-refractivity contribution >= 4 is 28.6 Å². The summed E-state index contributed by atoms with van der Waals surface area (Å²) in [5, 5.41) is 3.83. The molecule has 148 valence electrons. The molecule has 0 fully saturated rings. The molecule has 0 saturated carbocycles. The van der Waals surface area contributed by atoms with Crippen LogP contribution in [0.15, 0.2) is 36.9 Å². The predicted octanol–water partition coefficient (Wildman–Crippen LogP) is 4.05. The van der Waals surface area contributed by atoms with Crippen molar-refractivity contribution in [2.45, 2.75) is 26.4 Å². The van der Waals surface area contributed by atoms with Crippen molar-refractivity contribution in [3.63, 3.8) is 0 Å². The summed E-state index contributed by atoms with van der Waals surface area (Å²) in [5.74, 6) is 0.489. The number of nitrogens with zero attached hydrogens (tertiary/aromatic N) is 2. The van der Waals surface area contributed by atoms with Crippen LogP contribution in [0.25, 0.3) is 11.0 Å². The van der Waals surface area contributed by atoms with Crippen LogP contribution in [0.5, 0.6) is 0 Å². The SMILES string of the molecule is C=C[C@H](N)c1cc(Cl)cc2c1nc(NCCN)n2Cc1cc(C)c(F)c(C)c1. The highest BCUT2D eigenvalue weighted by atomic mass is 35.5. The molecule has 7 heteroatoms. The Labute approximate surface area is 169 Å². The number of nitrogens with one attached hydrogen (secondary N) is 1. The summed E-state index contributed by atoms with van der Waals surface area (Å²) >= 11 is 6.36. The summed E-state index contributed by atoms with van der Waals surface area (Å²) in [4.78, 5) is 4.75. The summed E-state index contributed by atoms with van der Waals surface area (Å²) in [6.07, 6.45) is 1.66. The lowest BCUT2D eigenvalue weighted by Gasteiger charge is -2.13. The van der Waals surface area contributed by atoms with E-state index in [9.17, 15) is 4.39 Å². The molecule has 0 saturated heterocycles. The van der Waals surface area contributed by atoms with Gasteiger partial charge in [0.1, 0.15) is 5.82 Å². The maximum Gasteiger partial charge on any atom is 0.204 e. The first-order valence-corrected chi connectivity index (χ1v) is 9.50. The molecule has 3 rings (SSSR count). The number of anilines is 1. The minimum absolute atomic E-state index is 0.178. The van der Waals surface area contributed by atoms with Gasteiger partial charge in [-0.15, -0.1) is 6.58 Å². The second-order valence-corrected chi connectivity index (χ2v) is 7.34. The maximum absolute atomic E-state index is 14.0. The fourth-order valence-corrected chi connectivity index (χ4v) is 3.60. The van der Waals surface area contributed by atoms with Crippen molar-refractivity contribution in [2.75, 3.05) is 18.4 Å². The van der Waals surface area contributed by atoms with E-state index >= 15 is 0 Å². The monoisotopic (exact) mass is 401 g/mol. The highest BCUT2D eigenvalue weighted by Gasteiger charge is 2.18. The molecular formula is C21H25ClFN5. The van der Waals surface area contributed by atoms with E-state index in [4.69, 9.17) is 28.1 Å². The number of fused-ring (bicyclic) bond motifs is 1. The van der Waals surface area contributed by atoms with E-state index < -0.39 is 0 Å². The van der Waals surface area contributed by atoms with Gasteiger partial charge in [-0.05, 0) is 42.7 Å². The van der Waals surface area contributed by atoms with Gasteiger partial charge in [0.25, 0.3) is 0 Å². The van der Waals surface area contributed by atoms with Crippen molar-refractivity contribution in [3.8, 4) is 0 Å². The van der Waals surface area contributed by atoms with Crippen LogP contribution in [0, 0.1) is 19.7 Å². The molecular weight excluding hydrogens is 377 g/mol. The van der Waals surface area contributed by atoms with Crippen LogP contribution in [-0.2, 0) is 6.54 Å². The molecule has 1 atom stereocenters. The third-order valence-electron chi connectivity index (χ3n) is 4.73. The normalized spacial score (nSPS) is 12.4. The molecule has 2 aromatic carbocycles. The summed E-state index contributed by atoms with van der Waals surface area (Å²) < 4.78 is 16.1. The summed E-state index contributed by atoms with van der Waals surface area (Å²) in [5.41, 5.74) is 16.5. The Morgan fingerprint density at radius 2 is 1.96 bits per heavy atom. The molecule has 0 radical (unpaired) electrons. The van der Waals surface area contributed by atoms with E-state index in [1.807, 2.05) is 28.8 Å². The third-order valence-corrected chi connectivity index (χ3v) is 4.94. The quantitative estimate of drug-likeness (QED) is 0.521. The molecule has 5 N–H and O–H groups in total. The van der Waals surface area contributed by atoms with Crippen molar-refractivity contribution in [1.82, 2.24) is 9.55 Å². The smallest absolute Gasteiger partial charge is 0.204 e. The zero-order valence-corrected chi connectivity index (χ0v) is 16.9. The van der Waals surface area contributed by atoms with E-state index in [1.165, 1.54) is 0 Å². The number of benzene rings is 2. The first kappa shape index (κ1) is 20.3. The number of aromatic nitrogens is 2. The van der Waals surface area contributed by atoms with Crippen LogP contribution in [-0.4, -0.2) is 22.6 Å². The zero-order valence-electron chi connectivity index (χ0n) is 16.1. The Hall–Kier alpha value is -2.41. The molecule has 0 amide bonds. The number of hydrogen-bond acceptors (Lipinski definition) is 4. The van der Waals surface area contributed by atoms with Gasteiger partial charge in [0.05, 0.1) is 23.6 Å². The second-order valence-electron chi connectivity index (χ2n) is 6.90. The van der Waals surface area contributed by atoms with E-state index in [1.54, 1.807) is 19.9 Å². The number of nitrogens with two attached hydrogens (primary N) is 2. The Balaban J connectivity index is 2.18. The van der Waals surface area contributed by atoms with Gasteiger partial charge in [-0.2, -0.15) is 0 Å². The van der Waals surface area contributed by atoms with Gasteiger partial charge in [0.2, 0.25) is 5.95 Å². The average molecular weight is 402 g/mol. The lowest BCUT2D eigenvalue weighted by Crippen LogP contribution is -2.16. The first-order valence-electron chi connectivity index (χ1n) is 9.13. The van der Waals surface area contributed by atoms with Crippen LogP contribution in [0.3, 0.4) is 0 Å². The van der Waals surface area contributed by atoms with E-state index in [-0.39, 0.29) is 11.9 Å². The van der Waals surface area contributed by atoms with Crippen LogP contribution in [0.2, 0.25) is 5.02 Å². The van der Waals surface area contributed by atoms with Gasteiger partial charge in [-0.3, -0.25) is 0 Å². The number of halogens is 2. The molecule has 1 heterocycles. The zero-order chi connectivity index (χ0) is 20.4. The molecule has 0 bridgehead atoms. The molecule has 3 aromatic rings. The largest absolute Gasteiger partial charge is 0.354 e. The van der Waals surface area contributed by atoms with Gasteiger partial charge in [-0.1, -0.05) is 29.8 Å². The third kappa shape index (κ3) is 3.90. The molecule has 0 unspecified atom stereocenters. The maximum atomic E-state index is 14.0. The lowest BCUT2D eigenvalue weighted by atomic mass is 10.1. The molecule has 5 nitrogen and oxygen atoms in total. The Kier molecular flexibility index (Phi) is 6.03. The molecule has 0 spiro atoms. The van der Waals surface area contributed by atoms with E-state index in [2.05, 4.69) is 11.9 Å². The van der Waals surface area contributed by atoms with Crippen molar-refractivity contribution in [3.05, 3.63) is 70.0 Å². The number of imidazole rings is 1. The molecule has 0 aliphatic carbocycles.